The highest BCUT2D eigenvalue weighted by molar-refractivity contribution is 5.91. The molecular formula is C11H16N2O3. The summed E-state index contributed by atoms with van der Waals surface area (Å²) in [6, 6.07) is 3.53. The Morgan fingerprint density at radius 1 is 1.56 bits per heavy atom. The molecule has 0 aromatic carbocycles. The molecule has 0 aliphatic rings. The van der Waals surface area contributed by atoms with E-state index >= 15 is 0 Å². The van der Waals surface area contributed by atoms with Crippen LogP contribution in [0.2, 0.25) is 0 Å². The van der Waals surface area contributed by atoms with Crippen LogP contribution in [0.25, 0.3) is 6.08 Å². The van der Waals surface area contributed by atoms with Crippen LogP contribution >= 0.6 is 0 Å². The third-order valence-corrected chi connectivity index (χ3v) is 1.75. The van der Waals surface area contributed by atoms with E-state index in [9.17, 15) is 4.79 Å². The van der Waals surface area contributed by atoms with Gasteiger partial charge in [-0.1, -0.05) is 0 Å². The van der Waals surface area contributed by atoms with Gasteiger partial charge in [-0.05, 0) is 18.2 Å². The van der Waals surface area contributed by atoms with Crippen molar-refractivity contribution in [3.8, 4) is 0 Å². The first kappa shape index (κ1) is 12.5. The normalized spacial score (nSPS) is 10.8. The Balaban J connectivity index is 2.11. The fourth-order valence-corrected chi connectivity index (χ4v) is 1.03. The van der Waals surface area contributed by atoms with Crippen LogP contribution in [0.4, 0.5) is 0 Å². The van der Waals surface area contributed by atoms with Gasteiger partial charge < -0.3 is 20.2 Å². The largest absolute Gasteiger partial charge is 0.465 e. The van der Waals surface area contributed by atoms with Crippen LogP contribution in [0.15, 0.2) is 28.9 Å². The van der Waals surface area contributed by atoms with E-state index < -0.39 is 0 Å². The Morgan fingerprint density at radius 3 is 3.12 bits per heavy atom. The van der Waals surface area contributed by atoms with Crippen LogP contribution in [0.5, 0.6) is 0 Å². The SMILES string of the molecule is NCCOCCNC(=O)/C=C/c1ccco1. The van der Waals surface area contributed by atoms with Gasteiger partial charge in [-0.3, -0.25) is 4.79 Å². The number of carbonyl (C=O) groups is 1. The minimum atomic E-state index is -0.173. The number of nitrogens with two attached hydrogens (primary N) is 1. The number of nitrogens with one attached hydrogen (secondary N) is 1. The lowest BCUT2D eigenvalue weighted by Crippen LogP contribution is -2.26. The molecule has 0 bridgehead atoms. The van der Waals surface area contributed by atoms with Crippen molar-refractivity contribution >= 4 is 12.0 Å². The summed E-state index contributed by atoms with van der Waals surface area (Å²) in [6.07, 6.45) is 4.58. The molecule has 1 heterocycles. The number of carbonyl (C=O) groups excluding carboxylic acids is 1. The fourth-order valence-electron chi connectivity index (χ4n) is 1.03. The summed E-state index contributed by atoms with van der Waals surface area (Å²) in [4.78, 5) is 11.3. The number of amides is 1. The molecule has 1 aromatic rings. The molecule has 1 rings (SSSR count). The van der Waals surface area contributed by atoms with Crippen molar-refractivity contribution < 1.29 is 13.9 Å². The molecule has 0 unspecified atom stereocenters. The molecule has 0 saturated heterocycles. The van der Waals surface area contributed by atoms with Gasteiger partial charge in [0.1, 0.15) is 5.76 Å². The number of rotatable bonds is 7. The summed E-state index contributed by atoms with van der Waals surface area (Å²) in [6.45, 7) is 1.95. The van der Waals surface area contributed by atoms with Gasteiger partial charge in [-0.15, -0.1) is 0 Å². The zero-order valence-corrected chi connectivity index (χ0v) is 9.02. The van der Waals surface area contributed by atoms with Gasteiger partial charge in [0.2, 0.25) is 5.91 Å². The zero-order valence-electron chi connectivity index (χ0n) is 9.02. The van der Waals surface area contributed by atoms with Crippen molar-refractivity contribution in [2.75, 3.05) is 26.3 Å². The zero-order chi connectivity index (χ0) is 11.6. The Morgan fingerprint density at radius 2 is 2.44 bits per heavy atom. The second-order valence-corrected chi connectivity index (χ2v) is 3.04. The number of ether oxygens (including phenoxy) is 1. The first-order chi connectivity index (χ1) is 7.83. The lowest BCUT2D eigenvalue weighted by Gasteiger charge is -2.02. The smallest absolute Gasteiger partial charge is 0.244 e. The van der Waals surface area contributed by atoms with E-state index in [4.69, 9.17) is 14.9 Å². The summed E-state index contributed by atoms with van der Waals surface area (Å²) < 4.78 is 10.1. The van der Waals surface area contributed by atoms with Crippen molar-refractivity contribution in [1.82, 2.24) is 5.32 Å². The second-order valence-electron chi connectivity index (χ2n) is 3.04. The van der Waals surface area contributed by atoms with Crippen LogP contribution in [0.1, 0.15) is 5.76 Å². The molecule has 16 heavy (non-hydrogen) atoms. The molecule has 0 fully saturated rings. The highest BCUT2D eigenvalue weighted by atomic mass is 16.5. The summed E-state index contributed by atoms with van der Waals surface area (Å²) in [5.41, 5.74) is 5.24. The molecule has 0 atom stereocenters. The number of furan rings is 1. The fraction of sp³-hybridized carbons (Fsp3) is 0.364. The van der Waals surface area contributed by atoms with Gasteiger partial charge in [0.05, 0.1) is 19.5 Å². The molecule has 0 radical (unpaired) electrons. The highest BCUT2D eigenvalue weighted by Crippen LogP contribution is 2.01. The van der Waals surface area contributed by atoms with Crippen molar-refractivity contribution in [3.63, 3.8) is 0 Å². The average molecular weight is 224 g/mol. The van der Waals surface area contributed by atoms with E-state index in [2.05, 4.69) is 5.32 Å². The van der Waals surface area contributed by atoms with E-state index in [1.165, 1.54) is 6.08 Å². The summed E-state index contributed by atoms with van der Waals surface area (Å²) in [7, 11) is 0. The maximum absolute atomic E-state index is 11.3. The molecule has 3 N–H and O–H groups in total. The molecule has 5 heteroatoms. The Kier molecular flexibility index (Phi) is 5.98. The predicted molar refractivity (Wildman–Crippen MR) is 60.6 cm³/mol. The maximum Gasteiger partial charge on any atom is 0.244 e. The highest BCUT2D eigenvalue weighted by Gasteiger charge is 1.95. The first-order valence-corrected chi connectivity index (χ1v) is 5.10. The summed E-state index contributed by atoms with van der Waals surface area (Å²) in [5.74, 6) is 0.474. The quantitative estimate of drug-likeness (QED) is 0.518. The molecule has 1 amide bonds. The Hall–Kier alpha value is -1.59. The third-order valence-electron chi connectivity index (χ3n) is 1.75. The minimum Gasteiger partial charge on any atom is -0.465 e. The lowest BCUT2D eigenvalue weighted by molar-refractivity contribution is -0.116. The number of hydrogen-bond acceptors (Lipinski definition) is 4. The topological polar surface area (TPSA) is 77.5 Å². The average Bonchev–Trinajstić information content (AvgIpc) is 2.79. The molecule has 0 aliphatic heterocycles. The van der Waals surface area contributed by atoms with Crippen molar-refractivity contribution in [2.24, 2.45) is 5.73 Å². The van der Waals surface area contributed by atoms with E-state index in [1.54, 1.807) is 24.5 Å². The molecular weight excluding hydrogens is 208 g/mol. The Bertz CT molecular complexity index is 320. The van der Waals surface area contributed by atoms with E-state index in [-0.39, 0.29) is 5.91 Å². The molecule has 0 saturated carbocycles. The number of hydrogen-bond donors (Lipinski definition) is 2. The molecule has 5 nitrogen and oxygen atoms in total. The van der Waals surface area contributed by atoms with E-state index in [1.807, 2.05) is 0 Å². The van der Waals surface area contributed by atoms with Gasteiger partial charge in [0.15, 0.2) is 0 Å². The molecule has 0 aliphatic carbocycles. The lowest BCUT2D eigenvalue weighted by atomic mass is 10.4. The minimum absolute atomic E-state index is 0.173. The van der Waals surface area contributed by atoms with Gasteiger partial charge >= 0.3 is 0 Å². The molecule has 88 valence electrons. The van der Waals surface area contributed by atoms with Gasteiger partial charge in [0, 0.05) is 19.2 Å². The summed E-state index contributed by atoms with van der Waals surface area (Å²) >= 11 is 0. The van der Waals surface area contributed by atoms with Crippen LogP contribution in [0.3, 0.4) is 0 Å². The predicted octanol–water partition coefficient (Wildman–Crippen LogP) is 0.384. The summed E-state index contributed by atoms with van der Waals surface area (Å²) in [5, 5.41) is 2.67. The van der Waals surface area contributed by atoms with Crippen LogP contribution in [-0.4, -0.2) is 32.2 Å². The van der Waals surface area contributed by atoms with Crippen molar-refractivity contribution in [2.45, 2.75) is 0 Å². The molecule has 0 spiro atoms. The van der Waals surface area contributed by atoms with Crippen molar-refractivity contribution in [3.05, 3.63) is 30.2 Å². The van der Waals surface area contributed by atoms with E-state index in [0.717, 1.165) is 0 Å². The van der Waals surface area contributed by atoms with Gasteiger partial charge in [-0.25, -0.2) is 0 Å². The van der Waals surface area contributed by atoms with E-state index in [0.29, 0.717) is 32.1 Å². The standard InChI is InChI=1S/C11H16N2O3/c12-5-8-15-9-6-13-11(14)4-3-10-2-1-7-16-10/h1-4,7H,5-6,8-9,12H2,(H,13,14)/b4-3+. The van der Waals surface area contributed by atoms with Crippen LogP contribution < -0.4 is 11.1 Å². The molecule has 1 aromatic heterocycles. The second kappa shape index (κ2) is 7.67. The van der Waals surface area contributed by atoms with Gasteiger partial charge in [-0.2, -0.15) is 0 Å². The van der Waals surface area contributed by atoms with Crippen LogP contribution in [0, 0.1) is 0 Å². The first-order valence-electron chi connectivity index (χ1n) is 5.10. The van der Waals surface area contributed by atoms with Crippen molar-refractivity contribution in [1.29, 1.82) is 0 Å². The van der Waals surface area contributed by atoms with Gasteiger partial charge in [0.25, 0.3) is 0 Å². The Labute approximate surface area is 94.3 Å². The maximum atomic E-state index is 11.3. The van der Waals surface area contributed by atoms with Crippen LogP contribution in [-0.2, 0) is 9.53 Å². The third kappa shape index (κ3) is 5.33. The monoisotopic (exact) mass is 224 g/mol.